The second-order valence-electron chi connectivity index (χ2n) is 3.15. The normalized spacial score (nSPS) is 7.20. The predicted octanol–water partition coefficient (Wildman–Crippen LogP) is 2.95. The Labute approximate surface area is 117 Å². The molecule has 0 unspecified atom stereocenters. The van der Waals surface area contributed by atoms with Gasteiger partial charge in [0.15, 0.2) is 0 Å². The van der Waals surface area contributed by atoms with E-state index in [2.05, 4.69) is 13.8 Å². The fourth-order valence-electron chi connectivity index (χ4n) is 0. The van der Waals surface area contributed by atoms with Crippen molar-refractivity contribution in [2.24, 2.45) is 11.8 Å². The van der Waals surface area contributed by atoms with Gasteiger partial charge in [-0.3, -0.25) is 0 Å². The molecule has 0 amide bonds. The summed E-state index contributed by atoms with van der Waals surface area (Å²) in [5, 5.41) is 16.3. The SMILES string of the molecule is CC(C)CO.CC(C)CO.[CH2-]C.[CH2-]C.[Zr+2]. The van der Waals surface area contributed by atoms with E-state index in [9.17, 15) is 0 Å². The molecule has 0 aliphatic carbocycles. The van der Waals surface area contributed by atoms with E-state index < -0.39 is 0 Å². The van der Waals surface area contributed by atoms with Gasteiger partial charge in [-0.2, -0.15) is 13.8 Å². The topological polar surface area (TPSA) is 40.5 Å². The van der Waals surface area contributed by atoms with Gasteiger partial charge in [0.05, 0.1) is 0 Å². The number of rotatable bonds is 2. The number of aliphatic hydroxyl groups excluding tert-OH is 2. The first-order chi connectivity index (χ1) is 6.54. The van der Waals surface area contributed by atoms with E-state index in [1.165, 1.54) is 0 Å². The van der Waals surface area contributed by atoms with Crippen molar-refractivity contribution in [3.05, 3.63) is 13.8 Å². The Morgan fingerprint density at radius 3 is 0.800 bits per heavy atom. The van der Waals surface area contributed by atoms with Crippen molar-refractivity contribution in [2.45, 2.75) is 41.5 Å². The van der Waals surface area contributed by atoms with Gasteiger partial charge in [-0.05, 0) is 11.8 Å². The van der Waals surface area contributed by atoms with Gasteiger partial charge in [-0.25, -0.2) is 0 Å². The van der Waals surface area contributed by atoms with Gasteiger partial charge >= 0.3 is 26.2 Å². The van der Waals surface area contributed by atoms with Crippen molar-refractivity contribution >= 4 is 0 Å². The summed E-state index contributed by atoms with van der Waals surface area (Å²) in [6.45, 7) is 18.5. The molecule has 2 nitrogen and oxygen atoms in total. The third-order valence-electron chi connectivity index (χ3n) is 0.730. The molecule has 0 aromatic rings. The number of aliphatic hydroxyl groups is 2. The first-order valence-corrected chi connectivity index (χ1v) is 5.17. The van der Waals surface area contributed by atoms with Crippen LogP contribution in [0.5, 0.6) is 0 Å². The molecule has 15 heavy (non-hydrogen) atoms. The molecule has 0 aliphatic rings. The molecule has 94 valence electrons. The Balaban J connectivity index is -0.0000000318. The van der Waals surface area contributed by atoms with Crippen molar-refractivity contribution in [2.75, 3.05) is 13.2 Å². The van der Waals surface area contributed by atoms with E-state index in [1.807, 2.05) is 27.7 Å². The molecule has 0 spiro atoms. The summed E-state index contributed by atoms with van der Waals surface area (Å²) in [5.41, 5.74) is 0. The quantitative estimate of drug-likeness (QED) is 0.769. The van der Waals surface area contributed by atoms with Crippen LogP contribution in [0.4, 0.5) is 0 Å². The van der Waals surface area contributed by atoms with Gasteiger partial charge in [-0.1, -0.05) is 27.7 Å². The van der Waals surface area contributed by atoms with Gasteiger partial charge in [0, 0.05) is 13.2 Å². The maximum absolute atomic E-state index is 8.14. The Morgan fingerprint density at radius 1 is 0.733 bits per heavy atom. The average Bonchev–Trinajstić information content (AvgIpc) is 2.24. The molecule has 0 rings (SSSR count). The second kappa shape index (κ2) is 36.4. The van der Waals surface area contributed by atoms with Crippen LogP contribution in [0, 0.1) is 25.7 Å². The Hall–Kier alpha value is 0.803. The number of hydrogen-bond acceptors (Lipinski definition) is 2. The van der Waals surface area contributed by atoms with Crippen LogP contribution in [-0.4, -0.2) is 23.4 Å². The van der Waals surface area contributed by atoms with Gasteiger partial charge in [0.25, 0.3) is 0 Å². The smallest absolute Gasteiger partial charge is 0.396 e. The van der Waals surface area contributed by atoms with Crippen LogP contribution in [0.2, 0.25) is 0 Å². The Bertz CT molecular complexity index is 49.6. The summed E-state index contributed by atoms with van der Waals surface area (Å²) in [6.07, 6.45) is 0. The average molecular weight is 298 g/mol. The molecular formula is C12H30O2Zr. The van der Waals surface area contributed by atoms with E-state index in [4.69, 9.17) is 10.2 Å². The zero-order valence-electron chi connectivity index (χ0n) is 11.4. The van der Waals surface area contributed by atoms with Crippen LogP contribution in [-0.2, 0) is 26.2 Å². The largest absolute Gasteiger partial charge is 2.00 e. The molecule has 3 heteroatoms. The summed E-state index contributed by atoms with van der Waals surface area (Å²) < 4.78 is 0. The first-order valence-electron chi connectivity index (χ1n) is 5.17. The zero-order chi connectivity index (χ0) is 12.6. The van der Waals surface area contributed by atoms with Crippen molar-refractivity contribution in [3.63, 3.8) is 0 Å². The maximum Gasteiger partial charge on any atom is 2.00 e. The standard InChI is InChI=1S/2C4H10O.2C2H5.Zr/c2*1-4(2)3-5;2*1-2;/h2*4-5H,3H2,1-2H3;2*1H2,2H3;/q;;2*-1;+2. The second-order valence-corrected chi connectivity index (χ2v) is 3.15. The monoisotopic (exact) mass is 296 g/mol. The summed E-state index contributed by atoms with van der Waals surface area (Å²) in [7, 11) is 0. The molecule has 0 bridgehead atoms. The van der Waals surface area contributed by atoms with Crippen molar-refractivity contribution in [3.8, 4) is 0 Å². The van der Waals surface area contributed by atoms with Crippen LogP contribution in [0.3, 0.4) is 0 Å². The molecule has 0 fully saturated rings. The summed E-state index contributed by atoms with van der Waals surface area (Å²) >= 11 is 0. The molecular weight excluding hydrogens is 267 g/mol. The van der Waals surface area contributed by atoms with Gasteiger partial charge in [-0.15, -0.1) is 0 Å². The van der Waals surface area contributed by atoms with Gasteiger partial charge in [0.1, 0.15) is 0 Å². The van der Waals surface area contributed by atoms with Gasteiger partial charge in [0.2, 0.25) is 0 Å². The van der Waals surface area contributed by atoms with E-state index in [0.717, 1.165) is 0 Å². The predicted molar refractivity (Wildman–Crippen MR) is 65.9 cm³/mol. The molecule has 0 aliphatic heterocycles. The molecule has 0 atom stereocenters. The molecule has 0 aromatic heterocycles. The van der Waals surface area contributed by atoms with Crippen molar-refractivity contribution in [1.82, 2.24) is 0 Å². The fourth-order valence-corrected chi connectivity index (χ4v) is 0. The molecule has 0 aromatic carbocycles. The summed E-state index contributed by atoms with van der Waals surface area (Å²) in [5.74, 6) is 0.880. The molecule has 0 saturated carbocycles. The van der Waals surface area contributed by atoms with Crippen LogP contribution >= 0.6 is 0 Å². The summed E-state index contributed by atoms with van der Waals surface area (Å²) in [4.78, 5) is 0. The van der Waals surface area contributed by atoms with Gasteiger partial charge < -0.3 is 24.1 Å². The third-order valence-corrected chi connectivity index (χ3v) is 0.730. The van der Waals surface area contributed by atoms with Crippen LogP contribution in [0.15, 0.2) is 0 Å². The summed E-state index contributed by atoms with van der Waals surface area (Å²) in [6, 6.07) is 0. The molecule has 2 N–H and O–H groups in total. The fraction of sp³-hybridized carbons (Fsp3) is 0.833. The minimum absolute atomic E-state index is 0. The van der Waals surface area contributed by atoms with Crippen LogP contribution < -0.4 is 0 Å². The Morgan fingerprint density at radius 2 is 0.800 bits per heavy atom. The van der Waals surface area contributed by atoms with Crippen molar-refractivity contribution < 1.29 is 36.4 Å². The van der Waals surface area contributed by atoms with E-state index in [0.29, 0.717) is 25.0 Å². The van der Waals surface area contributed by atoms with Crippen LogP contribution in [0.25, 0.3) is 0 Å². The zero-order valence-corrected chi connectivity index (χ0v) is 13.8. The Kier molecular flexibility index (Phi) is 72.0. The number of hydrogen-bond donors (Lipinski definition) is 2. The van der Waals surface area contributed by atoms with E-state index in [1.54, 1.807) is 13.8 Å². The first kappa shape index (κ1) is 29.7. The minimum atomic E-state index is 0. The molecule has 0 radical (unpaired) electrons. The van der Waals surface area contributed by atoms with E-state index in [-0.39, 0.29) is 26.2 Å². The maximum atomic E-state index is 8.14. The third kappa shape index (κ3) is 105. The van der Waals surface area contributed by atoms with Crippen LogP contribution in [0.1, 0.15) is 41.5 Å². The van der Waals surface area contributed by atoms with Crippen molar-refractivity contribution in [1.29, 1.82) is 0 Å². The van der Waals surface area contributed by atoms with E-state index >= 15 is 0 Å². The molecule has 0 heterocycles. The molecule has 0 saturated heterocycles. The minimum Gasteiger partial charge on any atom is -0.396 e.